The largest absolute Gasteiger partial charge is 0.417 e. The van der Waals surface area contributed by atoms with Gasteiger partial charge in [-0.2, -0.15) is 12.6 Å². The molecule has 0 radical (unpaired) electrons. The molecule has 0 saturated heterocycles. The summed E-state index contributed by atoms with van der Waals surface area (Å²) < 4.78 is 44.3. The van der Waals surface area contributed by atoms with Crippen LogP contribution in [0.15, 0.2) is 0 Å². The lowest BCUT2D eigenvalue weighted by molar-refractivity contribution is 0.396. The normalized spacial score (nSPS) is 15.3. The van der Waals surface area contributed by atoms with Crippen molar-refractivity contribution in [1.29, 1.82) is 0 Å². The van der Waals surface area contributed by atoms with Crippen molar-refractivity contribution < 1.29 is 24.8 Å². The van der Waals surface area contributed by atoms with E-state index in [1.807, 2.05) is 0 Å². The van der Waals surface area contributed by atoms with Crippen molar-refractivity contribution >= 4 is 31.2 Å². The van der Waals surface area contributed by atoms with Crippen LogP contribution in [0.1, 0.15) is 0 Å². The molecule has 1 N–H and O–H groups in total. The van der Waals surface area contributed by atoms with Crippen LogP contribution < -0.4 is 0 Å². The summed E-state index contributed by atoms with van der Waals surface area (Å²) in [6, 6.07) is 0. The van der Waals surface area contributed by atoms with Gasteiger partial charge in [0.05, 0.1) is 0 Å². The van der Waals surface area contributed by atoms with Crippen LogP contribution in [0.3, 0.4) is 0 Å². The van der Waals surface area contributed by atoms with Crippen molar-refractivity contribution in [1.82, 2.24) is 0 Å². The van der Waals surface area contributed by atoms with E-state index in [-0.39, 0.29) is 0 Å². The minimum atomic E-state index is -4.31. The molecular weight excluding hydrogens is 191 g/mol. The van der Waals surface area contributed by atoms with E-state index in [1.165, 1.54) is 9.47 Å². The topological polar surface area (TPSA) is 89.9 Å². The second-order valence-corrected chi connectivity index (χ2v) is 3.35. The van der Waals surface area contributed by atoms with E-state index in [4.69, 9.17) is 4.55 Å². The molecule has 56 valence electrons. The predicted octanol–water partition coefficient (Wildman–Crippen LogP) is -0.809. The molecule has 2 unspecified atom stereocenters. The highest BCUT2D eigenvalue weighted by Gasteiger charge is 2.12. The van der Waals surface area contributed by atoms with E-state index >= 15 is 0 Å². The zero-order chi connectivity index (χ0) is 7.49. The smallest absolute Gasteiger partial charge is 0.283 e. The van der Waals surface area contributed by atoms with E-state index in [0.717, 1.165) is 0 Å². The fourth-order valence-electron chi connectivity index (χ4n) is 0.0873. The van der Waals surface area contributed by atoms with Gasteiger partial charge in [0.2, 0.25) is 0 Å². The van der Waals surface area contributed by atoms with E-state index in [0.29, 0.717) is 0 Å². The quantitative estimate of drug-likeness (QED) is 0.466. The maximum Gasteiger partial charge on any atom is 0.417 e. The number of rotatable bonds is 3. The van der Waals surface area contributed by atoms with Gasteiger partial charge in [0.1, 0.15) is 0 Å². The van der Waals surface area contributed by atoms with Gasteiger partial charge in [-0.05, 0) is 0 Å². The minimum Gasteiger partial charge on any atom is -0.283 e. The molecule has 0 fully saturated rings. The van der Waals surface area contributed by atoms with Crippen molar-refractivity contribution in [3.63, 3.8) is 0 Å². The Morgan fingerprint density at radius 1 is 1.56 bits per heavy atom. The van der Waals surface area contributed by atoms with Crippen LogP contribution in [-0.4, -0.2) is 17.2 Å². The Morgan fingerprint density at radius 2 is 2.00 bits per heavy atom. The third-order valence-corrected chi connectivity index (χ3v) is 2.33. The number of hydrogen-bond acceptors (Lipinski definition) is 5. The predicted molar refractivity (Wildman–Crippen MR) is 31.6 cm³/mol. The van der Waals surface area contributed by atoms with Crippen LogP contribution in [-0.2, 0) is 29.4 Å². The molecule has 0 aromatic carbocycles. The van der Waals surface area contributed by atoms with Crippen molar-refractivity contribution in [2.45, 2.75) is 0 Å². The molecule has 0 aliphatic heterocycles. The zero-order valence-electron chi connectivity index (χ0n) is 3.88. The standard InChI is InChI=1S/H3O6PS2/c1-8(2)6-9(3,4)5-7/h7H2,(H,1,2). The molecule has 0 aromatic rings. The first kappa shape index (κ1) is 9.41. The molecule has 9 heavy (non-hydrogen) atoms. The molecule has 2 atom stereocenters. The lowest BCUT2D eigenvalue weighted by Gasteiger charge is -1.93. The van der Waals surface area contributed by atoms with Crippen LogP contribution in [0, 0.1) is 0 Å². The molecule has 0 aliphatic rings. The summed E-state index contributed by atoms with van der Waals surface area (Å²) in [6.07, 6.45) is 0. The average molecular weight is 194 g/mol. The second-order valence-electron chi connectivity index (χ2n) is 0.790. The Labute approximate surface area is 56.6 Å². The molecule has 0 aromatic heterocycles. The highest BCUT2D eigenvalue weighted by atomic mass is 32.3. The van der Waals surface area contributed by atoms with Crippen LogP contribution >= 0.6 is 9.47 Å². The molecule has 0 saturated carbocycles. The minimum absolute atomic E-state index is 1.36. The summed E-state index contributed by atoms with van der Waals surface area (Å²) in [7, 11) is -2.95. The summed E-state index contributed by atoms with van der Waals surface area (Å²) >= 11 is -2.86. The van der Waals surface area contributed by atoms with Crippen molar-refractivity contribution in [3.8, 4) is 0 Å². The average Bonchev–Trinajstić information content (AvgIpc) is 1.63. The summed E-state index contributed by atoms with van der Waals surface area (Å²) in [5.74, 6) is 0. The fraction of sp³-hybridized carbons (Fsp3) is 0. The lowest BCUT2D eigenvalue weighted by Crippen LogP contribution is -2.06. The van der Waals surface area contributed by atoms with Gasteiger partial charge in [0, 0.05) is 9.47 Å². The molecular formula is H3O6PS2. The van der Waals surface area contributed by atoms with Gasteiger partial charge in [-0.1, -0.05) is 0 Å². The first-order valence-electron chi connectivity index (χ1n) is 1.42. The molecule has 0 spiro atoms. The summed E-state index contributed by atoms with van der Waals surface area (Å²) in [5.41, 5.74) is 0. The molecule has 0 amide bonds. The van der Waals surface area contributed by atoms with Crippen molar-refractivity contribution in [2.24, 2.45) is 0 Å². The van der Waals surface area contributed by atoms with Crippen LogP contribution in [0.4, 0.5) is 0 Å². The van der Waals surface area contributed by atoms with E-state index in [1.54, 1.807) is 0 Å². The first-order chi connectivity index (χ1) is 3.98. The van der Waals surface area contributed by atoms with Gasteiger partial charge < -0.3 is 0 Å². The highest BCUT2D eigenvalue weighted by Crippen LogP contribution is 2.01. The van der Waals surface area contributed by atoms with Crippen molar-refractivity contribution in [2.75, 3.05) is 0 Å². The molecule has 6 nitrogen and oxygen atoms in total. The maximum atomic E-state index is 9.99. The summed E-state index contributed by atoms with van der Waals surface area (Å²) in [6.45, 7) is 0. The Morgan fingerprint density at radius 3 is 2.11 bits per heavy atom. The third-order valence-electron chi connectivity index (χ3n) is 0.259. The van der Waals surface area contributed by atoms with Crippen LogP contribution in [0.25, 0.3) is 0 Å². The van der Waals surface area contributed by atoms with Gasteiger partial charge in [-0.15, -0.1) is 3.63 Å². The zero-order valence-corrected chi connectivity index (χ0v) is 6.67. The van der Waals surface area contributed by atoms with Gasteiger partial charge in [-0.25, -0.2) is 3.97 Å². The molecule has 9 heteroatoms. The van der Waals surface area contributed by atoms with Crippen LogP contribution in [0.2, 0.25) is 0 Å². The molecule has 0 aliphatic carbocycles. The molecule has 0 heterocycles. The first-order valence-corrected chi connectivity index (χ1v) is 4.25. The second kappa shape index (κ2) is 3.55. The lowest BCUT2D eigenvalue weighted by atomic mass is 15.8. The van der Waals surface area contributed by atoms with E-state index in [2.05, 4.69) is 7.60 Å². The van der Waals surface area contributed by atoms with Gasteiger partial charge in [0.25, 0.3) is 0 Å². The Balaban J connectivity index is 4.06. The maximum absolute atomic E-state index is 9.99. The molecule has 0 bridgehead atoms. The summed E-state index contributed by atoms with van der Waals surface area (Å²) in [4.78, 5) is 0. The molecule has 0 rings (SSSR count). The summed E-state index contributed by atoms with van der Waals surface area (Å²) in [5, 5.41) is 0. The van der Waals surface area contributed by atoms with Gasteiger partial charge >= 0.3 is 21.8 Å². The Bertz CT molecular complexity index is 189. The van der Waals surface area contributed by atoms with Crippen molar-refractivity contribution in [3.05, 3.63) is 0 Å². The van der Waals surface area contributed by atoms with Crippen LogP contribution in [0.5, 0.6) is 0 Å². The Kier molecular flexibility index (Phi) is 3.71. The van der Waals surface area contributed by atoms with E-state index < -0.39 is 21.8 Å². The van der Waals surface area contributed by atoms with Gasteiger partial charge in [0.15, 0.2) is 0 Å². The highest BCUT2D eigenvalue weighted by molar-refractivity contribution is 7.93. The van der Waals surface area contributed by atoms with E-state index in [9.17, 15) is 12.6 Å². The monoisotopic (exact) mass is 194 g/mol. The van der Waals surface area contributed by atoms with Gasteiger partial charge in [-0.3, -0.25) is 4.55 Å². The third kappa shape index (κ3) is 4.89. The number of hydrogen-bond donors (Lipinski definition) is 1. The Hall–Kier alpha value is 0.410. The fourth-order valence-corrected chi connectivity index (χ4v) is 1.07. The SMILES string of the molecule is O=S(O)OS(=O)(=O)OP.